The van der Waals surface area contributed by atoms with E-state index in [-0.39, 0.29) is 28.7 Å². The molecular formula is C18H21N3O5S. The van der Waals surface area contributed by atoms with Crippen LogP contribution < -0.4 is 20.5 Å². The summed E-state index contributed by atoms with van der Waals surface area (Å²) in [6.45, 7) is 1.37. The number of amides is 2. The Morgan fingerprint density at radius 3 is 2.37 bits per heavy atom. The fourth-order valence-electron chi connectivity index (χ4n) is 2.56. The number of hydrogen-bond donors (Lipinski definition) is 3. The highest BCUT2D eigenvalue weighted by atomic mass is 32.2. The van der Waals surface area contributed by atoms with E-state index in [0.717, 1.165) is 5.56 Å². The second-order valence-electron chi connectivity index (χ2n) is 5.83. The van der Waals surface area contributed by atoms with Gasteiger partial charge in [-0.1, -0.05) is 30.3 Å². The van der Waals surface area contributed by atoms with E-state index in [1.165, 1.54) is 32.2 Å². The van der Waals surface area contributed by atoms with Crippen LogP contribution in [-0.2, 0) is 19.6 Å². The van der Waals surface area contributed by atoms with E-state index in [0.29, 0.717) is 0 Å². The molecule has 0 saturated carbocycles. The third-order valence-electron chi connectivity index (χ3n) is 3.72. The third-order valence-corrected chi connectivity index (χ3v) is 4.65. The molecule has 0 unspecified atom stereocenters. The normalized spacial score (nSPS) is 12.1. The van der Waals surface area contributed by atoms with Crippen molar-refractivity contribution in [1.82, 2.24) is 5.32 Å². The third kappa shape index (κ3) is 5.80. The minimum Gasteiger partial charge on any atom is -0.495 e. The van der Waals surface area contributed by atoms with Crippen molar-refractivity contribution in [3.8, 4) is 5.75 Å². The first-order valence-corrected chi connectivity index (χ1v) is 9.58. The van der Waals surface area contributed by atoms with Gasteiger partial charge in [0.05, 0.1) is 19.6 Å². The molecule has 0 saturated heterocycles. The molecule has 0 radical (unpaired) electrons. The molecule has 0 bridgehead atoms. The number of nitrogens with two attached hydrogens (primary N) is 1. The summed E-state index contributed by atoms with van der Waals surface area (Å²) in [7, 11) is -2.70. The fraction of sp³-hybridized carbons (Fsp3) is 0.222. The number of anilines is 1. The van der Waals surface area contributed by atoms with Gasteiger partial charge in [-0.15, -0.1) is 0 Å². The Morgan fingerprint density at radius 1 is 1.15 bits per heavy atom. The molecule has 0 aliphatic rings. The van der Waals surface area contributed by atoms with Crippen LogP contribution in [0, 0.1) is 0 Å². The number of rotatable bonds is 7. The molecule has 2 amide bonds. The number of methoxy groups -OCH3 is 1. The SMILES string of the molecule is COc1ccc(NC(=O)C[C@H](NC(C)=O)c2ccccc2)cc1S(N)(=O)=O. The summed E-state index contributed by atoms with van der Waals surface area (Å²) in [5, 5.41) is 10.5. The van der Waals surface area contributed by atoms with Crippen LogP contribution in [0.5, 0.6) is 5.75 Å². The van der Waals surface area contributed by atoms with E-state index >= 15 is 0 Å². The summed E-state index contributed by atoms with van der Waals surface area (Å²) in [6, 6.07) is 12.7. The molecule has 0 spiro atoms. The summed E-state index contributed by atoms with van der Waals surface area (Å²) < 4.78 is 28.3. The smallest absolute Gasteiger partial charge is 0.241 e. The minimum atomic E-state index is -4.02. The van der Waals surface area contributed by atoms with Crippen LogP contribution in [0.25, 0.3) is 0 Å². The van der Waals surface area contributed by atoms with E-state index < -0.39 is 22.0 Å². The zero-order chi connectivity index (χ0) is 20.0. The highest BCUT2D eigenvalue weighted by Gasteiger charge is 2.19. The molecule has 0 fully saturated rings. The molecule has 144 valence electrons. The van der Waals surface area contributed by atoms with E-state index in [4.69, 9.17) is 9.88 Å². The topological polar surface area (TPSA) is 128 Å². The van der Waals surface area contributed by atoms with Crippen LogP contribution in [0.1, 0.15) is 24.9 Å². The van der Waals surface area contributed by atoms with Gasteiger partial charge >= 0.3 is 0 Å². The van der Waals surface area contributed by atoms with Crippen molar-refractivity contribution >= 4 is 27.5 Å². The van der Waals surface area contributed by atoms with Gasteiger partial charge in [-0.25, -0.2) is 13.6 Å². The molecule has 2 aromatic rings. The molecule has 2 aromatic carbocycles. The minimum absolute atomic E-state index is 0.0274. The maximum atomic E-state index is 12.4. The average Bonchev–Trinajstić information content (AvgIpc) is 2.60. The van der Waals surface area contributed by atoms with Crippen LogP contribution in [-0.4, -0.2) is 27.3 Å². The first-order chi connectivity index (χ1) is 12.7. The monoisotopic (exact) mass is 391 g/mol. The Balaban J connectivity index is 2.19. The van der Waals surface area contributed by atoms with Crippen LogP contribution >= 0.6 is 0 Å². The van der Waals surface area contributed by atoms with Crippen LogP contribution in [0.4, 0.5) is 5.69 Å². The number of carbonyl (C=O) groups excluding carboxylic acids is 2. The molecule has 0 aliphatic heterocycles. The van der Waals surface area contributed by atoms with Gasteiger partial charge < -0.3 is 15.4 Å². The number of hydrogen-bond acceptors (Lipinski definition) is 5. The lowest BCUT2D eigenvalue weighted by atomic mass is 10.0. The van der Waals surface area contributed by atoms with Crippen LogP contribution in [0.15, 0.2) is 53.4 Å². The molecule has 0 heterocycles. The quantitative estimate of drug-likeness (QED) is 0.660. The van der Waals surface area contributed by atoms with E-state index in [1.54, 1.807) is 12.1 Å². The molecule has 0 aliphatic carbocycles. The number of primary sulfonamides is 1. The van der Waals surface area contributed by atoms with Crippen molar-refractivity contribution in [3.05, 3.63) is 54.1 Å². The predicted octanol–water partition coefficient (Wildman–Crippen LogP) is 1.55. The lowest BCUT2D eigenvalue weighted by molar-refractivity contribution is -0.120. The molecular weight excluding hydrogens is 370 g/mol. The number of benzene rings is 2. The largest absolute Gasteiger partial charge is 0.495 e. The Morgan fingerprint density at radius 2 is 1.81 bits per heavy atom. The summed E-state index contributed by atoms with van der Waals surface area (Å²) in [6.07, 6.45) is -0.0274. The molecule has 1 atom stereocenters. The number of nitrogens with one attached hydrogen (secondary N) is 2. The Kier molecular flexibility index (Phi) is 6.54. The highest BCUT2D eigenvalue weighted by molar-refractivity contribution is 7.89. The zero-order valence-electron chi connectivity index (χ0n) is 14.9. The Hall–Kier alpha value is -2.91. The average molecular weight is 391 g/mol. The van der Waals surface area contributed by atoms with Gasteiger partial charge in [0.25, 0.3) is 0 Å². The predicted molar refractivity (Wildman–Crippen MR) is 101 cm³/mol. The summed E-state index contributed by atoms with van der Waals surface area (Å²) in [4.78, 5) is 23.6. The summed E-state index contributed by atoms with van der Waals surface area (Å²) in [5.41, 5.74) is 1.03. The van der Waals surface area contributed by atoms with Gasteiger partial charge in [-0.2, -0.15) is 0 Å². The number of carbonyl (C=O) groups is 2. The first kappa shape index (κ1) is 20.4. The van der Waals surface area contributed by atoms with E-state index in [1.807, 2.05) is 18.2 Å². The maximum absolute atomic E-state index is 12.4. The molecule has 9 heteroatoms. The Bertz CT molecular complexity index is 929. The van der Waals surface area contributed by atoms with Gasteiger partial charge in [0.15, 0.2) is 0 Å². The van der Waals surface area contributed by atoms with Crippen LogP contribution in [0.2, 0.25) is 0 Å². The number of ether oxygens (including phenoxy) is 1. The standard InChI is InChI=1S/C18H21N3O5S/c1-12(22)20-15(13-6-4-3-5-7-13)11-18(23)21-14-8-9-16(26-2)17(10-14)27(19,24)25/h3-10,15H,11H2,1-2H3,(H,20,22)(H,21,23)(H2,19,24,25)/t15-/m0/s1. The maximum Gasteiger partial charge on any atom is 0.241 e. The second-order valence-corrected chi connectivity index (χ2v) is 7.36. The van der Waals surface area contributed by atoms with E-state index in [2.05, 4.69) is 10.6 Å². The molecule has 0 aromatic heterocycles. The van der Waals surface area contributed by atoms with Gasteiger partial charge in [-0.3, -0.25) is 9.59 Å². The summed E-state index contributed by atoms with van der Waals surface area (Å²) in [5.74, 6) is -0.586. The van der Waals surface area contributed by atoms with Crippen LogP contribution in [0.3, 0.4) is 0 Å². The van der Waals surface area contributed by atoms with Gasteiger partial charge in [0, 0.05) is 12.6 Å². The van der Waals surface area contributed by atoms with Gasteiger partial charge in [0.1, 0.15) is 10.6 Å². The fourth-order valence-corrected chi connectivity index (χ4v) is 3.28. The van der Waals surface area contributed by atoms with Gasteiger partial charge in [0.2, 0.25) is 21.8 Å². The van der Waals surface area contributed by atoms with E-state index in [9.17, 15) is 18.0 Å². The molecule has 4 N–H and O–H groups in total. The first-order valence-electron chi connectivity index (χ1n) is 8.03. The highest BCUT2D eigenvalue weighted by Crippen LogP contribution is 2.26. The van der Waals surface area contributed by atoms with Crippen molar-refractivity contribution in [2.45, 2.75) is 24.3 Å². The molecule has 2 rings (SSSR count). The Labute approximate surface area is 157 Å². The molecule has 8 nitrogen and oxygen atoms in total. The summed E-state index contributed by atoms with van der Waals surface area (Å²) >= 11 is 0. The van der Waals surface area contributed by atoms with Crippen molar-refractivity contribution in [3.63, 3.8) is 0 Å². The number of sulfonamides is 1. The molecule has 27 heavy (non-hydrogen) atoms. The van der Waals surface area contributed by atoms with Crippen molar-refractivity contribution in [1.29, 1.82) is 0 Å². The zero-order valence-corrected chi connectivity index (χ0v) is 15.7. The lowest BCUT2D eigenvalue weighted by Crippen LogP contribution is -2.29. The van der Waals surface area contributed by atoms with Crippen molar-refractivity contribution in [2.75, 3.05) is 12.4 Å². The lowest BCUT2D eigenvalue weighted by Gasteiger charge is -2.18. The van der Waals surface area contributed by atoms with Crippen molar-refractivity contribution in [2.24, 2.45) is 5.14 Å². The van der Waals surface area contributed by atoms with Gasteiger partial charge in [-0.05, 0) is 23.8 Å². The van der Waals surface area contributed by atoms with Crippen molar-refractivity contribution < 1.29 is 22.7 Å². The second kappa shape index (κ2) is 8.65.